The number of pyridine rings is 1. The molecule has 2 aliphatic rings. The number of nitrogens with zero attached hydrogens (tertiary/aromatic N) is 5. The molecule has 0 atom stereocenters. The highest BCUT2D eigenvalue weighted by molar-refractivity contribution is 6.07. The molecule has 8 heteroatoms. The number of rotatable bonds is 3. The van der Waals surface area contributed by atoms with E-state index in [4.69, 9.17) is 9.72 Å². The molecular weight excluding hydrogens is 358 g/mol. The lowest BCUT2D eigenvalue weighted by molar-refractivity contribution is 0.0571. The fourth-order valence-electron chi connectivity index (χ4n) is 4.14. The molecule has 0 N–H and O–H groups in total. The largest absolute Gasteiger partial charge is 0.450 e. The van der Waals surface area contributed by atoms with Crippen LogP contribution < -0.4 is 0 Å². The van der Waals surface area contributed by atoms with Gasteiger partial charge in [0.2, 0.25) is 0 Å². The van der Waals surface area contributed by atoms with Crippen LogP contribution in [0.2, 0.25) is 0 Å². The number of carbonyl (C=O) groups excluding carboxylic acids is 2. The Labute approximate surface area is 164 Å². The summed E-state index contributed by atoms with van der Waals surface area (Å²) in [6, 6.07) is 0.181. The number of aryl methyl sites for hydroxylation is 1. The number of hydrogen-bond acceptors (Lipinski definition) is 5. The van der Waals surface area contributed by atoms with E-state index >= 15 is 0 Å². The molecule has 3 heterocycles. The molecule has 8 nitrogen and oxygen atoms in total. The Hall–Kier alpha value is -2.64. The third kappa shape index (κ3) is 3.10. The summed E-state index contributed by atoms with van der Waals surface area (Å²) in [7, 11) is 0. The van der Waals surface area contributed by atoms with Gasteiger partial charge < -0.3 is 14.5 Å². The summed E-state index contributed by atoms with van der Waals surface area (Å²) in [5.74, 6) is 0.0253. The minimum atomic E-state index is -0.306. The summed E-state index contributed by atoms with van der Waals surface area (Å²) < 4.78 is 6.96. The van der Waals surface area contributed by atoms with Gasteiger partial charge >= 0.3 is 6.09 Å². The molecule has 4 rings (SSSR count). The zero-order valence-electron chi connectivity index (χ0n) is 16.8. The van der Waals surface area contributed by atoms with Gasteiger partial charge in [0.15, 0.2) is 5.65 Å². The first kappa shape index (κ1) is 18.7. The second-order valence-electron chi connectivity index (χ2n) is 7.66. The Morgan fingerprint density at radius 2 is 1.86 bits per heavy atom. The maximum atomic E-state index is 13.5. The van der Waals surface area contributed by atoms with Crippen molar-refractivity contribution in [3.8, 4) is 0 Å². The smallest absolute Gasteiger partial charge is 0.409 e. The first-order valence-corrected chi connectivity index (χ1v) is 10.1. The maximum Gasteiger partial charge on any atom is 0.409 e. The molecule has 0 radical (unpaired) electrons. The zero-order chi connectivity index (χ0) is 19.8. The van der Waals surface area contributed by atoms with E-state index in [0.29, 0.717) is 32.8 Å². The lowest BCUT2D eigenvalue weighted by Crippen LogP contribution is -2.50. The van der Waals surface area contributed by atoms with Gasteiger partial charge in [0, 0.05) is 37.9 Å². The number of ether oxygens (including phenoxy) is 1. The molecule has 1 saturated heterocycles. The standard InChI is InChI=1S/C20H27N5O3/c1-4-28-20(27)24-10-8-23(9-11-24)19(26)17-14-6-5-7-16(14)22-18-15(17)12-21-25(18)13(2)3/h12-13H,4-11H2,1-3H3. The number of aromatic nitrogens is 3. The number of fused-ring (bicyclic) bond motifs is 2. The van der Waals surface area contributed by atoms with Crippen molar-refractivity contribution in [2.24, 2.45) is 0 Å². The van der Waals surface area contributed by atoms with Crippen molar-refractivity contribution >= 4 is 23.0 Å². The van der Waals surface area contributed by atoms with Gasteiger partial charge in [0.25, 0.3) is 5.91 Å². The summed E-state index contributed by atoms with van der Waals surface area (Å²) >= 11 is 0. The van der Waals surface area contributed by atoms with E-state index in [1.807, 2.05) is 9.58 Å². The summed E-state index contributed by atoms with van der Waals surface area (Å²) in [4.78, 5) is 33.7. The van der Waals surface area contributed by atoms with E-state index in [2.05, 4.69) is 18.9 Å². The molecule has 2 amide bonds. The van der Waals surface area contributed by atoms with Gasteiger partial charge in [-0.3, -0.25) is 4.79 Å². The van der Waals surface area contributed by atoms with Crippen LogP contribution in [-0.4, -0.2) is 69.4 Å². The van der Waals surface area contributed by atoms with Crippen molar-refractivity contribution in [2.75, 3.05) is 32.8 Å². The fourth-order valence-corrected chi connectivity index (χ4v) is 4.14. The molecular formula is C20H27N5O3. The molecule has 1 fully saturated rings. The lowest BCUT2D eigenvalue weighted by Gasteiger charge is -2.34. The zero-order valence-corrected chi connectivity index (χ0v) is 16.8. The van der Waals surface area contributed by atoms with Gasteiger partial charge in [-0.2, -0.15) is 5.10 Å². The average molecular weight is 385 g/mol. The quantitative estimate of drug-likeness (QED) is 0.811. The summed E-state index contributed by atoms with van der Waals surface area (Å²) in [5.41, 5.74) is 3.66. The van der Waals surface area contributed by atoms with Crippen LogP contribution in [0.5, 0.6) is 0 Å². The van der Waals surface area contributed by atoms with Crippen molar-refractivity contribution in [2.45, 2.75) is 46.1 Å². The van der Waals surface area contributed by atoms with Crippen LogP contribution in [0.3, 0.4) is 0 Å². The Bertz CT molecular complexity index is 912. The normalized spacial score (nSPS) is 16.7. The van der Waals surface area contributed by atoms with Crippen LogP contribution >= 0.6 is 0 Å². The van der Waals surface area contributed by atoms with E-state index in [-0.39, 0.29) is 18.0 Å². The highest BCUT2D eigenvalue weighted by atomic mass is 16.6. The van der Waals surface area contributed by atoms with E-state index in [1.54, 1.807) is 18.0 Å². The predicted molar refractivity (Wildman–Crippen MR) is 104 cm³/mol. The fraction of sp³-hybridized carbons (Fsp3) is 0.600. The molecule has 0 saturated carbocycles. The minimum Gasteiger partial charge on any atom is -0.450 e. The topological polar surface area (TPSA) is 80.6 Å². The Balaban J connectivity index is 1.64. The third-order valence-electron chi connectivity index (χ3n) is 5.57. The predicted octanol–water partition coefficient (Wildman–Crippen LogP) is 2.42. The average Bonchev–Trinajstić information content (AvgIpc) is 3.32. The Morgan fingerprint density at radius 1 is 1.14 bits per heavy atom. The van der Waals surface area contributed by atoms with Gasteiger partial charge in [0.05, 0.1) is 23.8 Å². The molecule has 28 heavy (non-hydrogen) atoms. The van der Waals surface area contributed by atoms with Crippen molar-refractivity contribution < 1.29 is 14.3 Å². The van der Waals surface area contributed by atoms with Gasteiger partial charge in [0.1, 0.15) is 0 Å². The summed E-state index contributed by atoms with van der Waals surface area (Å²) in [5, 5.41) is 5.33. The Kier molecular flexibility index (Phi) is 4.95. The first-order chi connectivity index (χ1) is 13.5. The van der Waals surface area contributed by atoms with Crippen LogP contribution in [0.15, 0.2) is 6.20 Å². The van der Waals surface area contributed by atoms with Crippen LogP contribution in [0.4, 0.5) is 4.79 Å². The molecule has 1 aliphatic heterocycles. The Morgan fingerprint density at radius 3 is 2.54 bits per heavy atom. The molecule has 0 unspecified atom stereocenters. The van der Waals surface area contributed by atoms with Gasteiger partial charge in [-0.1, -0.05) is 0 Å². The summed E-state index contributed by atoms with van der Waals surface area (Å²) in [6.07, 6.45) is 4.30. The van der Waals surface area contributed by atoms with E-state index in [1.165, 1.54) is 0 Å². The molecule has 0 aromatic carbocycles. The van der Waals surface area contributed by atoms with E-state index in [9.17, 15) is 9.59 Å². The van der Waals surface area contributed by atoms with Crippen LogP contribution in [0, 0.1) is 0 Å². The third-order valence-corrected chi connectivity index (χ3v) is 5.57. The maximum absolute atomic E-state index is 13.5. The number of piperazine rings is 1. The van der Waals surface area contributed by atoms with Gasteiger partial charge in [-0.05, 0) is 45.6 Å². The van der Waals surface area contributed by atoms with Crippen molar-refractivity contribution in [1.29, 1.82) is 0 Å². The number of amides is 2. The van der Waals surface area contributed by atoms with Crippen LogP contribution in [0.25, 0.3) is 11.0 Å². The lowest BCUT2D eigenvalue weighted by atomic mass is 10.0. The summed E-state index contributed by atoms with van der Waals surface area (Å²) in [6.45, 7) is 8.29. The number of hydrogen-bond donors (Lipinski definition) is 0. The minimum absolute atomic E-state index is 0.0253. The molecule has 0 bridgehead atoms. The monoisotopic (exact) mass is 385 g/mol. The van der Waals surface area contributed by atoms with Gasteiger partial charge in [-0.15, -0.1) is 0 Å². The van der Waals surface area contributed by atoms with Crippen molar-refractivity contribution in [3.05, 3.63) is 23.0 Å². The first-order valence-electron chi connectivity index (χ1n) is 10.1. The van der Waals surface area contributed by atoms with Crippen LogP contribution in [-0.2, 0) is 17.6 Å². The molecule has 150 valence electrons. The number of carbonyl (C=O) groups is 2. The SMILES string of the molecule is CCOC(=O)N1CCN(C(=O)c2c3c(nc4c2cnn4C(C)C)CCC3)CC1. The molecule has 1 aliphatic carbocycles. The van der Waals surface area contributed by atoms with Crippen molar-refractivity contribution in [3.63, 3.8) is 0 Å². The second-order valence-corrected chi connectivity index (χ2v) is 7.66. The second kappa shape index (κ2) is 7.41. The molecule has 0 spiro atoms. The highest BCUT2D eigenvalue weighted by Crippen LogP contribution is 2.32. The van der Waals surface area contributed by atoms with Crippen LogP contribution in [0.1, 0.15) is 54.8 Å². The van der Waals surface area contributed by atoms with E-state index in [0.717, 1.165) is 47.1 Å². The molecule has 2 aromatic rings. The van der Waals surface area contributed by atoms with E-state index < -0.39 is 0 Å². The highest BCUT2D eigenvalue weighted by Gasteiger charge is 2.31. The molecule has 2 aromatic heterocycles. The van der Waals surface area contributed by atoms with Crippen molar-refractivity contribution in [1.82, 2.24) is 24.6 Å². The van der Waals surface area contributed by atoms with Gasteiger partial charge in [-0.25, -0.2) is 14.5 Å².